The first-order valence-electron chi connectivity index (χ1n) is 8.52. The molecular formula is C18H29IN4O2. The van der Waals surface area contributed by atoms with Gasteiger partial charge >= 0.3 is 0 Å². The summed E-state index contributed by atoms with van der Waals surface area (Å²) in [6, 6.07) is 7.14. The largest absolute Gasteiger partial charge is 0.497 e. The van der Waals surface area contributed by atoms with Gasteiger partial charge in [0.2, 0.25) is 0 Å². The summed E-state index contributed by atoms with van der Waals surface area (Å²) in [7, 11) is 3.39. The number of carbonyl (C=O) groups excluding carboxylic acids is 1. The summed E-state index contributed by atoms with van der Waals surface area (Å²) in [5, 5.41) is 6.23. The lowest BCUT2D eigenvalue weighted by Crippen LogP contribution is -2.47. The molecule has 1 saturated heterocycles. The molecule has 2 rings (SSSR count). The fraction of sp³-hybridized carbons (Fsp3) is 0.556. The van der Waals surface area contributed by atoms with Crippen LogP contribution in [0.25, 0.3) is 0 Å². The van der Waals surface area contributed by atoms with Gasteiger partial charge in [0.15, 0.2) is 5.96 Å². The summed E-state index contributed by atoms with van der Waals surface area (Å²) in [6.07, 6.45) is 2.40. The lowest BCUT2D eigenvalue weighted by Gasteiger charge is -2.32. The number of carbonyl (C=O) groups is 1. The predicted molar refractivity (Wildman–Crippen MR) is 112 cm³/mol. The Hall–Kier alpha value is -1.51. The van der Waals surface area contributed by atoms with Crippen LogP contribution in [0.4, 0.5) is 0 Å². The monoisotopic (exact) mass is 460 g/mol. The zero-order valence-electron chi connectivity index (χ0n) is 15.2. The molecule has 1 aliphatic rings. The first-order valence-corrected chi connectivity index (χ1v) is 8.52. The number of hydrogen-bond donors (Lipinski definition) is 2. The van der Waals surface area contributed by atoms with E-state index < -0.39 is 0 Å². The van der Waals surface area contributed by atoms with E-state index in [1.54, 1.807) is 26.3 Å². The van der Waals surface area contributed by atoms with Gasteiger partial charge < -0.3 is 20.3 Å². The number of nitrogens with one attached hydrogen (secondary N) is 2. The Morgan fingerprint density at radius 3 is 2.60 bits per heavy atom. The van der Waals surface area contributed by atoms with Gasteiger partial charge in [-0.1, -0.05) is 13.0 Å². The van der Waals surface area contributed by atoms with E-state index in [9.17, 15) is 4.79 Å². The second-order valence-corrected chi connectivity index (χ2v) is 6.13. The van der Waals surface area contributed by atoms with E-state index in [0.29, 0.717) is 24.4 Å². The molecule has 2 N–H and O–H groups in total. The third-order valence-corrected chi connectivity index (χ3v) is 4.32. The Bertz CT molecular complexity index is 572. The summed E-state index contributed by atoms with van der Waals surface area (Å²) in [6.45, 7) is 5.56. The standard InChI is InChI=1S/C18H28N4O2.HI/c1-14-7-11-22(12-8-14)18(19-2)21-10-9-20-17(23)15-5-4-6-16(13-15)24-3;/h4-6,13-14H,7-12H2,1-3H3,(H,19,21)(H,20,23);1H. The fourth-order valence-electron chi connectivity index (χ4n) is 2.77. The van der Waals surface area contributed by atoms with Crippen molar-refractivity contribution < 1.29 is 9.53 Å². The molecular weight excluding hydrogens is 431 g/mol. The van der Waals surface area contributed by atoms with E-state index in [1.807, 2.05) is 12.1 Å². The molecule has 1 aromatic carbocycles. The highest BCUT2D eigenvalue weighted by Gasteiger charge is 2.18. The molecule has 1 heterocycles. The van der Waals surface area contributed by atoms with Gasteiger partial charge in [-0.2, -0.15) is 0 Å². The molecule has 0 saturated carbocycles. The third kappa shape index (κ3) is 6.72. The van der Waals surface area contributed by atoms with Crippen molar-refractivity contribution in [3.05, 3.63) is 29.8 Å². The average Bonchev–Trinajstić information content (AvgIpc) is 2.62. The van der Waals surface area contributed by atoms with Gasteiger partial charge in [-0.3, -0.25) is 9.79 Å². The number of piperidine rings is 1. The van der Waals surface area contributed by atoms with Gasteiger partial charge in [0.1, 0.15) is 5.75 Å². The molecule has 0 spiro atoms. The maximum atomic E-state index is 12.1. The number of benzene rings is 1. The van der Waals surface area contributed by atoms with Crippen LogP contribution in [0.3, 0.4) is 0 Å². The minimum Gasteiger partial charge on any atom is -0.497 e. The van der Waals surface area contributed by atoms with E-state index in [2.05, 4.69) is 27.4 Å². The Labute approximate surface area is 167 Å². The molecule has 0 atom stereocenters. The molecule has 7 heteroatoms. The average molecular weight is 460 g/mol. The Morgan fingerprint density at radius 1 is 1.28 bits per heavy atom. The van der Waals surface area contributed by atoms with Crippen molar-refractivity contribution in [2.75, 3.05) is 40.3 Å². The summed E-state index contributed by atoms with van der Waals surface area (Å²) < 4.78 is 5.14. The first kappa shape index (κ1) is 21.5. The van der Waals surface area contributed by atoms with E-state index in [4.69, 9.17) is 4.74 Å². The van der Waals surface area contributed by atoms with E-state index in [1.165, 1.54) is 12.8 Å². The second kappa shape index (κ2) is 11.2. The minimum absolute atomic E-state index is 0. The molecule has 25 heavy (non-hydrogen) atoms. The van der Waals surface area contributed by atoms with E-state index in [0.717, 1.165) is 25.0 Å². The number of guanidine groups is 1. The van der Waals surface area contributed by atoms with Crippen molar-refractivity contribution >= 4 is 35.8 Å². The summed E-state index contributed by atoms with van der Waals surface area (Å²) in [5.74, 6) is 2.29. The van der Waals surface area contributed by atoms with Gasteiger partial charge in [0.25, 0.3) is 5.91 Å². The number of likely N-dealkylation sites (tertiary alicyclic amines) is 1. The molecule has 0 radical (unpaired) electrons. The Balaban J connectivity index is 0.00000312. The highest BCUT2D eigenvalue weighted by Crippen LogP contribution is 2.15. The molecule has 0 aliphatic carbocycles. The van der Waals surface area contributed by atoms with E-state index in [-0.39, 0.29) is 29.9 Å². The number of halogens is 1. The Kier molecular flexibility index (Phi) is 9.62. The third-order valence-electron chi connectivity index (χ3n) is 4.32. The molecule has 1 fully saturated rings. The van der Waals surface area contributed by atoms with E-state index >= 15 is 0 Å². The van der Waals surface area contributed by atoms with Gasteiger partial charge in [-0.25, -0.2) is 0 Å². The van der Waals surface area contributed by atoms with Crippen LogP contribution in [0.1, 0.15) is 30.1 Å². The lowest BCUT2D eigenvalue weighted by molar-refractivity contribution is 0.0954. The molecule has 1 aliphatic heterocycles. The molecule has 0 aromatic heterocycles. The quantitative estimate of drug-likeness (QED) is 0.307. The molecule has 1 amide bonds. The van der Waals surface area contributed by atoms with Crippen molar-refractivity contribution in [2.24, 2.45) is 10.9 Å². The van der Waals surface area contributed by atoms with Crippen LogP contribution in [-0.4, -0.2) is 57.1 Å². The summed E-state index contributed by atoms with van der Waals surface area (Å²) in [4.78, 5) is 18.7. The van der Waals surface area contributed by atoms with Crippen molar-refractivity contribution in [2.45, 2.75) is 19.8 Å². The molecule has 6 nitrogen and oxygen atoms in total. The van der Waals surface area contributed by atoms with Crippen LogP contribution in [-0.2, 0) is 0 Å². The highest BCUT2D eigenvalue weighted by molar-refractivity contribution is 14.0. The fourth-order valence-corrected chi connectivity index (χ4v) is 2.77. The van der Waals surface area contributed by atoms with Gasteiger partial charge in [0, 0.05) is 38.8 Å². The lowest BCUT2D eigenvalue weighted by atomic mass is 10.00. The highest BCUT2D eigenvalue weighted by atomic mass is 127. The summed E-state index contributed by atoms with van der Waals surface area (Å²) >= 11 is 0. The predicted octanol–water partition coefficient (Wildman–Crippen LogP) is 2.35. The van der Waals surface area contributed by atoms with Crippen LogP contribution in [0.15, 0.2) is 29.3 Å². The number of nitrogens with zero attached hydrogens (tertiary/aromatic N) is 2. The zero-order chi connectivity index (χ0) is 17.4. The van der Waals surface area contributed by atoms with Crippen LogP contribution >= 0.6 is 24.0 Å². The van der Waals surface area contributed by atoms with Gasteiger partial charge in [-0.15, -0.1) is 24.0 Å². The second-order valence-electron chi connectivity index (χ2n) is 6.13. The number of ether oxygens (including phenoxy) is 1. The van der Waals surface area contributed by atoms with Crippen LogP contribution in [0, 0.1) is 5.92 Å². The van der Waals surface area contributed by atoms with Crippen LogP contribution < -0.4 is 15.4 Å². The molecule has 140 valence electrons. The van der Waals surface area contributed by atoms with Crippen molar-refractivity contribution in [3.63, 3.8) is 0 Å². The summed E-state index contributed by atoms with van der Waals surface area (Å²) in [5.41, 5.74) is 0.601. The number of amides is 1. The normalized spacial score (nSPS) is 15.3. The van der Waals surface area contributed by atoms with Crippen LogP contribution in [0.2, 0.25) is 0 Å². The topological polar surface area (TPSA) is 66.0 Å². The number of aliphatic imine (C=N–C) groups is 1. The maximum absolute atomic E-state index is 12.1. The molecule has 0 unspecified atom stereocenters. The van der Waals surface area contributed by atoms with Crippen molar-refractivity contribution in [1.82, 2.24) is 15.5 Å². The molecule has 1 aromatic rings. The van der Waals surface area contributed by atoms with Gasteiger partial charge in [0.05, 0.1) is 7.11 Å². The smallest absolute Gasteiger partial charge is 0.251 e. The molecule has 0 bridgehead atoms. The minimum atomic E-state index is -0.0996. The van der Waals surface area contributed by atoms with Crippen molar-refractivity contribution in [1.29, 1.82) is 0 Å². The Morgan fingerprint density at radius 2 is 1.96 bits per heavy atom. The SMILES string of the molecule is CN=C(NCCNC(=O)c1cccc(OC)c1)N1CCC(C)CC1.I. The zero-order valence-corrected chi connectivity index (χ0v) is 17.6. The van der Waals surface area contributed by atoms with Crippen LogP contribution in [0.5, 0.6) is 5.75 Å². The van der Waals surface area contributed by atoms with Gasteiger partial charge in [-0.05, 0) is 37.0 Å². The van der Waals surface area contributed by atoms with Crippen molar-refractivity contribution in [3.8, 4) is 5.75 Å². The number of hydrogen-bond acceptors (Lipinski definition) is 3. The number of rotatable bonds is 5. The number of methoxy groups -OCH3 is 1. The first-order chi connectivity index (χ1) is 11.6. The maximum Gasteiger partial charge on any atom is 0.251 e.